The van der Waals surface area contributed by atoms with Gasteiger partial charge in [-0.05, 0) is 50.6 Å². The van der Waals surface area contributed by atoms with E-state index >= 15 is 0 Å². The van der Waals surface area contributed by atoms with E-state index in [1.807, 2.05) is 0 Å². The molecular formula is C15H32N2. The van der Waals surface area contributed by atoms with Crippen molar-refractivity contribution in [3.8, 4) is 0 Å². The van der Waals surface area contributed by atoms with Crippen LogP contribution < -0.4 is 5.32 Å². The van der Waals surface area contributed by atoms with Crippen molar-refractivity contribution in [1.82, 2.24) is 10.2 Å². The molecule has 0 aromatic carbocycles. The van der Waals surface area contributed by atoms with Gasteiger partial charge in [-0.15, -0.1) is 0 Å². The average Bonchev–Trinajstić information content (AvgIpc) is 2.71. The number of likely N-dealkylation sites (tertiary alicyclic amines) is 1. The van der Waals surface area contributed by atoms with Gasteiger partial charge >= 0.3 is 0 Å². The van der Waals surface area contributed by atoms with Crippen LogP contribution in [0.4, 0.5) is 0 Å². The van der Waals surface area contributed by atoms with Gasteiger partial charge in [-0.25, -0.2) is 0 Å². The quantitative estimate of drug-likeness (QED) is 0.656. The van der Waals surface area contributed by atoms with Crippen LogP contribution >= 0.6 is 0 Å². The summed E-state index contributed by atoms with van der Waals surface area (Å²) >= 11 is 0. The van der Waals surface area contributed by atoms with Crippen LogP contribution in [0.1, 0.15) is 53.4 Å². The predicted octanol–water partition coefficient (Wildman–Crippen LogP) is 3.13. The standard InChI is InChI=1S/C15H32N2/c1-13(2)7-5-9-16-10-12-17-11-6-8-15(17)14(3)4/h13-16H,5-12H2,1-4H3. The molecular weight excluding hydrogens is 208 g/mol. The Kier molecular flexibility index (Phi) is 7.14. The maximum Gasteiger partial charge on any atom is 0.0119 e. The molecule has 0 radical (unpaired) electrons. The van der Waals surface area contributed by atoms with E-state index in [0.29, 0.717) is 0 Å². The summed E-state index contributed by atoms with van der Waals surface area (Å²) in [5.41, 5.74) is 0. The lowest BCUT2D eigenvalue weighted by Gasteiger charge is -2.27. The van der Waals surface area contributed by atoms with Gasteiger partial charge in [0.1, 0.15) is 0 Å². The molecule has 1 N–H and O–H groups in total. The minimum Gasteiger partial charge on any atom is -0.315 e. The second kappa shape index (κ2) is 8.10. The molecule has 0 aliphatic carbocycles. The van der Waals surface area contributed by atoms with Crippen LogP contribution in [-0.2, 0) is 0 Å². The van der Waals surface area contributed by atoms with Gasteiger partial charge in [-0.1, -0.05) is 27.7 Å². The van der Waals surface area contributed by atoms with Gasteiger partial charge in [0, 0.05) is 19.1 Å². The van der Waals surface area contributed by atoms with Crippen molar-refractivity contribution in [2.45, 2.75) is 59.4 Å². The minimum atomic E-state index is 0.818. The number of nitrogens with one attached hydrogen (secondary N) is 1. The Balaban J connectivity index is 2.02. The number of nitrogens with zero attached hydrogens (tertiary/aromatic N) is 1. The van der Waals surface area contributed by atoms with E-state index in [-0.39, 0.29) is 0 Å². The first-order valence-corrected chi connectivity index (χ1v) is 7.56. The molecule has 0 aromatic rings. The number of rotatable bonds is 8. The van der Waals surface area contributed by atoms with Crippen LogP contribution in [0.15, 0.2) is 0 Å². The molecule has 1 fully saturated rings. The van der Waals surface area contributed by atoms with Crippen LogP contribution in [0.5, 0.6) is 0 Å². The highest BCUT2D eigenvalue weighted by Crippen LogP contribution is 2.22. The summed E-state index contributed by atoms with van der Waals surface area (Å²) in [5.74, 6) is 1.67. The van der Waals surface area contributed by atoms with Gasteiger partial charge < -0.3 is 5.32 Å². The second-order valence-corrected chi connectivity index (χ2v) is 6.28. The normalized spacial score (nSPS) is 21.9. The molecule has 1 aliphatic rings. The van der Waals surface area contributed by atoms with E-state index in [9.17, 15) is 0 Å². The molecule has 0 aromatic heterocycles. The van der Waals surface area contributed by atoms with Gasteiger partial charge in [0.15, 0.2) is 0 Å². The van der Waals surface area contributed by atoms with E-state index in [4.69, 9.17) is 0 Å². The predicted molar refractivity (Wildman–Crippen MR) is 76.4 cm³/mol. The molecule has 0 bridgehead atoms. The Labute approximate surface area is 108 Å². The third-order valence-corrected chi connectivity index (χ3v) is 3.89. The summed E-state index contributed by atoms with van der Waals surface area (Å²) in [6.07, 6.45) is 5.48. The minimum absolute atomic E-state index is 0.818. The van der Waals surface area contributed by atoms with Gasteiger partial charge in [0.05, 0.1) is 0 Å². The van der Waals surface area contributed by atoms with Crippen molar-refractivity contribution in [2.24, 2.45) is 11.8 Å². The number of hydrogen-bond donors (Lipinski definition) is 1. The van der Waals surface area contributed by atoms with Gasteiger partial charge in [0.2, 0.25) is 0 Å². The fourth-order valence-corrected chi connectivity index (χ4v) is 2.87. The van der Waals surface area contributed by atoms with E-state index in [1.54, 1.807) is 0 Å². The van der Waals surface area contributed by atoms with Crippen molar-refractivity contribution in [1.29, 1.82) is 0 Å². The highest BCUT2D eigenvalue weighted by molar-refractivity contribution is 4.81. The largest absolute Gasteiger partial charge is 0.315 e. The lowest BCUT2D eigenvalue weighted by molar-refractivity contribution is 0.207. The summed E-state index contributed by atoms with van der Waals surface area (Å²) in [6.45, 7) is 14.2. The molecule has 1 atom stereocenters. The van der Waals surface area contributed by atoms with E-state index in [1.165, 1.54) is 51.9 Å². The van der Waals surface area contributed by atoms with E-state index in [0.717, 1.165) is 17.9 Å². The molecule has 1 saturated heterocycles. The molecule has 0 saturated carbocycles. The van der Waals surface area contributed by atoms with Crippen LogP contribution in [-0.4, -0.2) is 37.1 Å². The van der Waals surface area contributed by atoms with Crippen molar-refractivity contribution < 1.29 is 0 Å². The Bertz CT molecular complexity index is 189. The van der Waals surface area contributed by atoms with Gasteiger partial charge in [-0.2, -0.15) is 0 Å². The third kappa shape index (κ3) is 5.87. The zero-order chi connectivity index (χ0) is 12.7. The zero-order valence-corrected chi connectivity index (χ0v) is 12.3. The van der Waals surface area contributed by atoms with Gasteiger partial charge in [-0.3, -0.25) is 4.90 Å². The van der Waals surface area contributed by atoms with Gasteiger partial charge in [0.25, 0.3) is 0 Å². The van der Waals surface area contributed by atoms with Crippen molar-refractivity contribution in [3.63, 3.8) is 0 Å². The molecule has 0 amide bonds. The highest BCUT2D eigenvalue weighted by atomic mass is 15.2. The number of hydrogen-bond acceptors (Lipinski definition) is 2. The van der Waals surface area contributed by atoms with E-state index in [2.05, 4.69) is 37.9 Å². The molecule has 17 heavy (non-hydrogen) atoms. The third-order valence-electron chi connectivity index (χ3n) is 3.89. The smallest absolute Gasteiger partial charge is 0.0119 e. The Morgan fingerprint density at radius 1 is 1.18 bits per heavy atom. The van der Waals surface area contributed by atoms with Crippen LogP contribution in [0.2, 0.25) is 0 Å². The Morgan fingerprint density at radius 2 is 1.94 bits per heavy atom. The Morgan fingerprint density at radius 3 is 2.59 bits per heavy atom. The molecule has 1 heterocycles. The summed E-state index contributed by atoms with van der Waals surface area (Å²) in [4.78, 5) is 2.68. The molecule has 0 spiro atoms. The fraction of sp³-hybridized carbons (Fsp3) is 1.00. The summed E-state index contributed by atoms with van der Waals surface area (Å²) < 4.78 is 0. The van der Waals surface area contributed by atoms with E-state index < -0.39 is 0 Å². The fourth-order valence-electron chi connectivity index (χ4n) is 2.87. The highest BCUT2D eigenvalue weighted by Gasteiger charge is 2.25. The molecule has 1 unspecified atom stereocenters. The lowest BCUT2D eigenvalue weighted by Crippen LogP contribution is -2.38. The zero-order valence-electron chi connectivity index (χ0n) is 12.3. The first kappa shape index (κ1) is 15.0. The molecule has 102 valence electrons. The topological polar surface area (TPSA) is 15.3 Å². The summed E-state index contributed by atoms with van der Waals surface area (Å²) in [7, 11) is 0. The monoisotopic (exact) mass is 240 g/mol. The summed E-state index contributed by atoms with van der Waals surface area (Å²) in [6, 6.07) is 0.840. The molecule has 1 aliphatic heterocycles. The maximum atomic E-state index is 3.59. The van der Waals surface area contributed by atoms with Crippen LogP contribution in [0.25, 0.3) is 0 Å². The van der Waals surface area contributed by atoms with Crippen LogP contribution in [0.3, 0.4) is 0 Å². The maximum absolute atomic E-state index is 3.59. The first-order chi connectivity index (χ1) is 8.11. The van der Waals surface area contributed by atoms with Crippen molar-refractivity contribution in [3.05, 3.63) is 0 Å². The SMILES string of the molecule is CC(C)CCCNCCN1CCCC1C(C)C. The molecule has 2 nitrogen and oxygen atoms in total. The first-order valence-electron chi connectivity index (χ1n) is 7.56. The van der Waals surface area contributed by atoms with Crippen molar-refractivity contribution in [2.75, 3.05) is 26.2 Å². The Hall–Kier alpha value is -0.0800. The second-order valence-electron chi connectivity index (χ2n) is 6.28. The molecule has 2 heteroatoms. The van der Waals surface area contributed by atoms with Crippen molar-refractivity contribution >= 4 is 0 Å². The average molecular weight is 240 g/mol. The van der Waals surface area contributed by atoms with Crippen LogP contribution in [0, 0.1) is 11.8 Å². The summed E-state index contributed by atoms with van der Waals surface area (Å²) in [5, 5.41) is 3.59. The molecule has 1 rings (SSSR count). The lowest BCUT2D eigenvalue weighted by atomic mass is 10.0.